The molecule has 2 aromatic carbocycles. The predicted octanol–water partition coefficient (Wildman–Crippen LogP) is 6.26. The van der Waals surface area contributed by atoms with Crippen LogP contribution in [0.1, 0.15) is 43.4 Å². The Morgan fingerprint density at radius 3 is 2.39 bits per heavy atom. The quantitative estimate of drug-likeness (QED) is 0.197. The highest BCUT2D eigenvalue weighted by atomic mass is 79.9. The van der Waals surface area contributed by atoms with E-state index in [0.29, 0.717) is 24.7 Å². The van der Waals surface area contributed by atoms with Crippen molar-refractivity contribution in [2.45, 2.75) is 40.5 Å². The first kappa shape index (κ1) is 22.0. The van der Waals surface area contributed by atoms with Gasteiger partial charge in [0.25, 0.3) is 0 Å². The maximum atomic E-state index is 12.3. The summed E-state index contributed by atoms with van der Waals surface area (Å²) in [6.07, 6.45) is 5.20. The highest BCUT2D eigenvalue weighted by Gasteiger charge is 2.10. The summed E-state index contributed by atoms with van der Waals surface area (Å²) in [4.78, 5) is 12.3. The van der Waals surface area contributed by atoms with E-state index in [4.69, 9.17) is 14.2 Å². The molecule has 0 aliphatic rings. The summed E-state index contributed by atoms with van der Waals surface area (Å²) in [6.45, 7) is 9.08. The molecule has 0 bridgehead atoms. The van der Waals surface area contributed by atoms with E-state index in [0.717, 1.165) is 39.8 Å². The fourth-order valence-electron chi connectivity index (χ4n) is 2.70. The molecule has 0 spiro atoms. The van der Waals surface area contributed by atoms with Gasteiger partial charge < -0.3 is 14.2 Å². The highest BCUT2D eigenvalue weighted by molar-refractivity contribution is 9.10. The second-order valence-electron chi connectivity index (χ2n) is 6.46. The topological polar surface area (TPSA) is 44.8 Å². The molecule has 0 aliphatic carbocycles. The third-order valence-electron chi connectivity index (χ3n) is 4.06. The monoisotopic (exact) mass is 446 g/mol. The van der Waals surface area contributed by atoms with E-state index in [1.165, 1.54) is 6.08 Å². The van der Waals surface area contributed by atoms with Crippen LogP contribution in [0.15, 0.2) is 40.9 Å². The standard InChI is InChI=1S/C23H27BrO4/c1-5-7-12-27-20-10-8-18(15-21(20)26-6-2)9-11-22(25)28-23-16(3)13-19(24)14-17(23)4/h8-11,13-15H,5-7,12H2,1-4H3/b11-9+. The Morgan fingerprint density at radius 1 is 1.04 bits per heavy atom. The van der Waals surface area contributed by atoms with Gasteiger partial charge in [0.1, 0.15) is 5.75 Å². The summed E-state index contributed by atoms with van der Waals surface area (Å²) in [5.41, 5.74) is 2.65. The number of aryl methyl sites for hydroxylation is 2. The lowest BCUT2D eigenvalue weighted by Crippen LogP contribution is -2.06. The second-order valence-corrected chi connectivity index (χ2v) is 7.38. The molecule has 0 N–H and O–H groups in total. The number of halogens is 1. The van der Waals surface area contributed by atoms with Crippen LogP contribution in [0.3, 0.4) is 0 Å². The van der Waals surface area contributed by atoms with Crippen molar-refractivity contribution in [3.63, 3.8) is 0 Å². The number of ether oxygens (including phenoxy) is 3. The molecule has 0 aromatic heterocycles. The van der Waals surface area contributed by atoms with Crippen LogP contribution in [0.4, 0.5) is 0 Å². The van der Waals surface area contributed by atoms with Gasteiger partial charge in [-0.15, -0.1) is 0 Å². The predicted molar refractivity (Wildman–Crippen MR) is 116 cm³/mol. The molecule has 0 saturated heterocycles. The van der Waals surface area contributed by atoms with Crippen molar-refractivity contribution in [1.82, 2.24) is 0 Å². The van der Waals surface area contributed by atoms with Gasteiger partial charge in [0.15, 0.2) is 11.5 Å². The molecule has 2 aromatic rings. The zero-order valence-corrected chi connectivity index (χ0v) is 18.5. The van der Waals surface area contributed by atoms with Crippen molar-refractivity contribution in [2.24, 2.45) is 0 Å². The lowest BCUT2D eigenvalue weighted by molar-refractivity contribution is -0.129. The van der Waals surface area contributed by atoms with Crippen molar-refractivity contribution in [1.29, 1.82) is 0 Å². The Morgan fingerprint density at radius 2 is 1.75 bits per heavy atom. The molecule has 28 heavy (non-hydrogen) atoms. The molecule has 0 amide bonds. The molecule has 0 atom stereocenters. The molecule has 5 heteroatoms. The maximum Gasteiger partial charge on any atom is 0.336 e. The Kier molecular flexibility index (Phi) is 8.58. The van der Waals surface area contributed by atoms with Crippen LogP contribution in [-0.2, 0) is 4.79 Å². The third-order valence-corrected chi connectivity index (χ3v) is 4.52. The van der Waals surface area contributed by atoms with Crippen LogP contribution in [0.2, 0.25) is 0 Å². The van der Waals surface area contributed by atoms with Crippen LogP contribution >= 0.6 is 15.9 Å². The van der Waals surface area contributed by atoms with Crippen LogP contribution in [-0.4, -0.2) is 19.2 Å². The van der Waals surface area contributed by atoms with Gasteiger partial charge in [-0.25, -0.2) is 4.79 Å². The Hall–Kier alpha value is -2.27. The number of hydrogen-bond donors (Lipinski definition) is 0. The Labute approximate surface area is 175 Å². The van der Waals surface area contributed by atoms with Gasteiger partial charge >= 0.3 is 5.97 Å². The van der Waals surface area contributed by atoms with Crippen LogP contribution < -0.4 is 14.2 Å². The van der Waals surface area contributed by atoms with Crippen molar-refractivity contribution in [3.05, 3.63) is 57.6 Å². The zero-order valence-electron chi connectivity index (χ0n) is 16.9. The number of benzene rings is 2. The van der Waals surface area contributed by atoms with Crippen LogP contribution in [0.5, 0.6) is 17.2 Å². The van der Waals surface area contributed by atoms with Crippen LogP contribution in [0, 0.1) is 13.8 Å². The lowest BCUT2D eigenvalue weighted by atomic mass is 10.1. The Balaban J connectivity index is 2.10. The average Bonchev–Trinajstić information content (AvgIpc) is 2.65. The normalized spacial score (nSPS) is 10.9. The van der Waals surface area contributed by atoms with Crippen molar-refractivity contribution >= 4 is 28.0 Å². The number of carbonyl (C=O) groups excluding carboxylic acids is 1. The number of carbonyl (C=O) groups is 1. The molecular formula is C23H27BrO4. The fourth-order valence-corrected chi connectivity index (χ4v) is 3.39. The average molecular weight is 447 g/mol. The first-order valence-electron chi connectivity index (χ1n) is 9.50. The number of hydrogen-bond acceptors (Lipinski definition) is 4. The maximum absolute atomic E-state index is 12.3. The van der Waals surface area contributed by atoms with Gasteiger partial charge in [-0.05, 0) is 74.2 Å². The highest BCUT2D eigenvalue weighted by Crippen LogP contribution is 2.30. The zero-order chi connectivity index (χ0) is 20.5. The van der Waals surface area contributed by atoms with E-state index < -0.39 is 5.97 Å². The summed E-state index contributed by atoms with van der Waals surface area (Å²) < 4.78 is 17.9. The van der Waals surface area contributed by atoms with Gasteiger partial charge in [0.2, 0.25) is 0 Å². The van der Waals surface area contributed by atoms with Gasteiger partial charge in [0.05, 0.1) is 13.2 Å². The second kappa shape index (κ2) is 10.9. The molecule has 2 rings (SSSR count). The molecule has 0 fully saturated rings. The summed E-state index contributed by atoms with van der Waals surface area (Å²) in [5.74, 6) is 1.56. The Bertz CT molecular complexity index is 819. The van der Waals surface area contributed by atoms with E-state index in [9.17, 15) is 4.79 Å². The molecule has 0 radical (unpaired) electrons. The van der Waals surface area contributed by atoms with E-state index >= 15 is 0 Å². The minimum absolute atomic E-state index is 0.422. The van der Waals surface area contributed by atoms with E-state index in [2.05, 4.69) is 22.9 Å². The largest absolute Gasteiger partial charge is 0.490 e. The summed E-state index contributed by atoms with van der Waals surface area (Å²) in [6, 6.07) is 9.47. The molecule has 4 nitrogen and oxygen atoms in total. The molecule has 150 valence electrons. The molecule has 0 unspecified atom stereocenters. The molecule has 0 heterocycles. The van der Waals surface area contributed by atoms with Crippen molar-refractivity contribution < 1.29 is 19.0 Å². The van der Waals surface area contributed by atoms with E-state index in [1.807, 2.05) is 51.1 Å². The minimum atomic E-state index is -0.422. The lowest BCUT2D eigenvalue weighted by Gasteiger charge is -2.12. The first-order chi connectivity index (χ1) is 13.4. The SMILES string of the molecule is CCCCOc1ccc(/C=C/C(=O)Oc2c(C)cc(Br)cc2C)cc1OCC. The first-order valence-corrected chi connectivity index (χ1v) is 10.3. The number of rotatable bonds is 9. The van der Waals surface area contributed by atoms with Crippen molar-refractivity contribution in [2.75, 3.05) is 13.2 Å². The smallest absolute Gasteiger partial charge is 0.336 e. The number of unbranched alkanes of at least 4 members (excludes halogenated alkanes) is 1. The van der Waals surface area contributed by atoms with E-state index in [-0.39, 0.29) is 0 Å². The summed E-state index contributed by atoms with van der Waals surface area (Å²) in [7, 11) is 0. The summed E-state index contributed by atoms with van der Waals surface area (Å²) in [5, 5.41) is 0. The summed E-state index contributed by atoms with van der Waals surface area (Å²) >= 11 is 3.44. The van der Waals surface area contributed by atoms with Crippen molar-refractivity contribution in [3.8, 4) is 17.2 Å². The van der Waals surface area contributed by atoms with Gasteiger partial charge in [-0.3, -0.25) is 0 Å². The molecular weight excluding hydrogens is 420 g/mol. The minimum Gasteiger partial charge on any atom is -0.490 e. The van der Waals surface area contributed by atoms with E-state index in [1.54, 1.807) is 6.08 Å². The molecule has 0 saturated carbocycles. The fraction of sp³-hybridized carbons (Fsp3) is 0.348. The molecule has 0 aliphatic heterocycles. The third kappa shape index (κ3) is 6.41. The van der Waals surface area contributed by atoms with Gasteiger partial charge in [0, 0.05) is 10.5 Å². The van der Waals surface area contributed by atoms with Gasteiger partial charge in [-0.2, -0.15) is 0 Å². The van der Waals surface area contributed by atoms with Crippen LogP contribution in [0.25, 0.3) is 6.08 Å². The van der Waals surface area contributed by atoms with Gasteiger partial charge in [-0.1, -0.05) is 35.3 Å². The number of esters is 1.